The molecule has 0 spiro atoms. The Hall–Kier alpha value is -2.46. The summed E-state index contributed by atoms with van der Waals surface area (Å²) in [7, 11) is -0.570. The van der Waals surface area contributed by atoms with Gasteiger partial charge in [0.25, 0.3) is 0 Å². The van der Waals surface area contributed by atoms with Crippen LogP contribution in [0.3, 0.4) is 0 Å². The van der Waals surface area contributed by atoms with Gasteiger partial charge in [0.2, 0.25) is 0 Å². The van der Waals surface area contributed by atoms with Crippen molar-refractivity contribution in [3.8, 4) is 5.75 Å². The Bertz CT molecular complexity index is 1110. The molecule has 9 heteroatoms. The number of nitrogens with one attached hydrogen (secondary N) is 2. The Morgan fingerprint density at radius 2 is 1.94 bits per heavy atom. The van der Waals surface area contributed by atoms with Crippen molar-refractivity contribution < 1.29 is 23.1 Å². The first-order valence-electron chi connectivity index (χ1n) is 11.9. The van der Waals surface area contributed by atoms with Crippen LogP contribution in [0.4, 0.5) is 0 Å². The van der Waals surface area contributed by atoms with E-state index < -0.39 is 27.4 Å². The predicted molar refractivity (Wildman–Crippen MR) is 138 cm³/mol. The van der Waals surface area contributed by atoms with Gasteiger partial charge in [-0.05, 0) is 48.7 Å². The molecule has 0 aliphatic carbocycles. The smallest absolute Gasteiger partial charge is 0.321 e. The second-order valence-corrected chi connectivity index (χ2v) is 11.0. The highest BCUT2D eigenvalue weighted by atomic mass is 32.2. The van der Waals surface area contributed by atoms with Crippen molar-refractivity contribution in [2.24, 2.45) is 0 Å². The molecule has 0 aromatic heterocycles. The molecule has 8 nitrogen and oxygen atoms in total. The molecular weight excluding hydrogens is 466 g/mol. The lowest BCUT2D eigenvalue weighted by molar-refractivity contribution is -0.139. The summed E-state index contributed by atoms with van der Waals surface area (Å²) in [5.41, 5.74) is 1.59. The molecule has 0 saturated heterocycles. The first-order valence-corrected chi connectivity index (χ1v) is 13.5. The highest BCUT2D eigenvalue weighted by Crippen LogP contribution is 2.41. The standard InChI is InChI=1S/C26H36N2O5S.H3N/c1-5-7-13-26(6-2)17-34(31,32)23-15-19(14-21(27-3)25(29)30)22(33-4)16-20(23)24(28-26)18-11-9-8-10-12-18;/h8-12,15-16,21,24,27-28H,5-7,13-14,17H2,1-4H3,(H,29,30);1H3/t21-,24+,26+;/m0./s1. The van der Waals surface area contributed by atoms with Crippen molar-refractivity contribution in [1.82, 2.24) is 16.8 Å². The lowest BCUT2D eigenvalue weighted by atomic mass is 9.87. The fourth-order valence-electron chi connectivity index (χ4n) is 4.81. The molecule has 0 amide bonds. The number of likely N-dealkylation sites (N-methyl/N-ethyl adjacent to an activating group) is 1. The van der Waals surface area contributed by atoms with E-state index in [9.17, 15) is 18.3 Å². The van der Waals surface area contributed by atoms with Crippen molar-refractivity contribution >= 4 is 15.8 Å². The summed E-state index contributed by atoms with van der Waals surface area (Å²) in [6, 6.07) is 12.0. The average molecular weight is 506 g/mol. The largest absolute Gasteiger partial charge is 0.496 e. The molecule has 0 saturated carbocycles. The topological polar surface area (TPSA) is 140 Å². The Kier molecular flexibility index (Phi) is 9.85. The number of methoxy groups -OCH3 is 1. The van der Waals surface area contributed by atoms with Crippen LogP contribution < -0.4 is 21.5 Å². The lowest BCUT2D eigenvalue weighted by Gasteiger charge is -2.36. The van der Waals surface area contributed by atoms with Gasteiger partial charge in [-0.15, -0.1) is 0 Å². The minimum Gasteiger partial charge on any atom is -0.496 e. The number of sulfone groups is 1. The molecule has 1 heterocycles. The summed E-state index contributed by atoms with van der Waals surface area (Å²) in [5.74, 6) is -0.529. The molecule has 0 bridgehead atoms. The third kappa shape index (κ3) is 6.22. The first-order chi connectivity index (χ1) is 16.2. The molecule has 2 aromatic carbocycles. The SMILES string of the molecule is CCCC[C@]1(CC)CS(=O)(=O)c2cc(C[C@H](NC)C(=O)O)c(OC)cc2[C@@H](c2ccccc2)N1.N. The van der Waals surface area contributed by atoms with Crippen molar-refractivity contribution in [2.75, 3.05) is 19.9 Å². The van der Waals surface area contributed by atoms with Gasteiger partial charge in [-0.3, -0.25) is 10.1 Å². The van der Waals surface area contributed by atoms with Crippen LogP contribution in [0, 0.1) is 0 Å². The van der Waals surface area contributed by atoms with E-state index in [4.69, 9.17) is 4.74 Å². The van der Waals surface area contributed by atoms with Crippen LogP contribution in [0.1, 0.15) is 62.3 Å². The highest BCUT2D eigenvalue weighted by Gasteiger charge is 2.42. The Morgan fingerprint density at radius 3 is 2.49 bits per heavy atom. The zero-order valence-corrected chi connectivity index (χ0v) is 22.0. The second kappa shape index (κ2) is 12.0. The van der Waals surface area contributed by atoms with E-state index in [1.807, 2.05) is 37.3 Å². The number of rotatable bonds is 10. The molecule has 1 aliphatic heterocycles. The van der Waals surface area contributed by atoms with Gasteiger partial charge >= 0.3 is 5.97 Å². The molecule has 0 fully saturated rings. The Balaban J connectivity index is 0.00000432. The van der Waals surface area contributed by atoms with Gasteiger partial charge in [0.1, 0.15) is 11.8 Å². The summed E-state index contributed by atoms with van der Waals surface area (Å²) in [6.07, 6.45) is 3.43. The van der Waals surface area contributed by atoms with Gasteiger partial charge in [0.05, 0.1) is 23.8 Å². The maximum Gasteiger partial charge on any atom is 0.321 e. The number of carbonyl (C=O) groups is 1. The second-order valence-electron chi connectivity index (χ2n) is 9.07. The Morgan fingerprint density at radius 1 is 1.26 bits per heavy atom. The van der Waals surface area contributed by atoms with Crippen molar-refractivity contribution in [2.45, 2.75) is 68.5 Å². The minimum atomic E-state index is -3.67. The van der Waals surface area contributed by atoms with Crippen LogP contribution in [0.15, 0.2) is 47.4 Å². The minimum absolute atomic E-state index is 0. The fourth-order valence-corrected chi connectivity index (χ4v) is 6.98. The summed E-state index contributed by atoms with van der Waals surface area (Å²) < 4.78 is 33.3. The highest BCUT2D eigenvalue weighted by molar-refractivity contribution is 7.91. The van der Waals surface area contributed by atoms with Gasteiger partial charge in [0.15, 0.2) is 9.84 Å². The molecule has 3 rings (SSSR count). The number of aliphatic carboxylic acids is 1. The lowest BCUT2D eigenvalue weighted by Crippen LogP contribution is -2.50. The van der Waals surface area contributed by atoms with Gasteiger partial charge in [-0.2, -0.15) is 0 Å². The molecule has 1 aliphatic rings. The molecule has 35 heavy (non-hydrogen) atoms. The first kappa shape index (κ1) is 28.8. The quantitative estimate of drug-likeness (QED) is 0.381. The number of benzene rings is 2. The van der Waals surface area contributed by atoms with Gasteiger partial charge in [0, 0.05) is 12.0 Å². The summed E-state index contributed by atoms with van der Waals surface area (Å²) in [6.45, 7) is 4.14. The van der Waals surface area contributed by atoms with E-state index >= 15 is 0 Å². The van der Waals surface area contributed by atoms with Crippen LogP contribution in [-0.2, 0) is 21.1 Å². The van der Waals surface area contributed by atoms with E-state index in [2.05, 4.69) is 17.6 Å². The summed E-state index contributed by atoms with van der Waals surface area (Å²) in [5, 5.41) is 16.0. The maximum absolute atomic E-state index is 13.8. The normalized spacial score (nSPS) is 21.8. The number of unbranched alkanes of at least 4 members (excludes halogenated alkanes) is 1. The number of hydrogen-bond donors (Lipinski definition) is 4. The van der Waals surface area contributed by atoms with Crippen LogP contribution in [0.5, 0.6) is 5.75 Å². The summed E-state index contributed by atoms with van der Waals surface area (Å²) in [4.78, 5) is 11.9. The zero-order chi connectivity index (χ0) is 24.9. The molecule has 3 atom stereocenters. The number of hydrogen-bond acceptors (Lipinski definition) is 7. The van der Waals surface area contributed by atoms with Gasteiger partial charge < -0.3 is 21.3 Å². The van der Waals surface area contributed by atoms with E-state index in [0.717, 1.165) is 24.8 Å². The third-order valence-electron chi connectivity index (χ3n) is 6.86. The molecule has 6 N–H and O–H groups in total. The molecule has 2 aromatic rings. The molecule has 0 unspecified atom stereocenters. The van der Waals surface area contributed by atoms with Crippen LogP contribution in [-0.4, -0.2) is 51.0 Å². The number of fused-ring (bicyclic) bond motifs is 1. The van der Waals surface area contributed by atoms with Gasteiger partial charge in [-0.25, -0.2) is 8.42 Å². The van der Waals surface area contributed by atoms with Crippen LogP contribution in [0.2, 0.25) is 0 Å². The monoisotopic (exact) mass is 505 g/mol. The summed E-state index contributed by atoms with van der Waals surface area (Å²) >= 11 is 0. The number of ether oxygens (including phenoxy) is 1. The van der Waals surface area contributed by atoms with Crippen LogP contribution in [0.25, 0.3) is 0 Å². The third-order valence-corrected chi connectivity index (χ3v) is 8.82. The maximum atomic E-state index is 13.8. The Labute approximate surface area is 209 Å². The van der Waals surface area contributed by atoms with Crippen molar-refractivity contribution in [3.63, 3.8) is 0 Å². The van der Waals surface area contributed by atoms with E-state index in [1.165, 1.54) is 7.11 Å². The number of carboxylic acids is 1. The van der Waals surface area contributed by atoms with E-state index in [0.29, 0.717) is 23.3 Å². The van der Waals surface area contributed by atoms with Crippen molar-refractivity contribution in [1.29, 1.82) is 0 Å². The fraction of sp³-hybridized carbons (Fsp3) is 0.500. The average Bonchev–Trinajstić information content (AvgIpc) is 2.93. The molecule has 194 valence electrons. The van der Waals surface area contributed by atoms with E-state index in [-0.39, 0.29) is 29.3 Å². The number of carboxylic acid groups (broad SMARTS) is 1. The zero-order valence-electron chi connectivity index (χ0n) is 21.1. The predicted octanol–water partition coefficient (Wildman–Crippen LogP) is 3.88. The van der Waals surface area contributed by atoms with Gasteiger partial charge in [-0.1, -0.05) is 57.0 Å². The van der Waals surface area contributed by atoms with Crippen LogP contribution >= 0.6 is 0 Å². The molecule has 0 radical (unpaired) electrons. The molecular formula is C26H39N3O5S. The van der Waals surface area contributed by atoms with Crippen molar-refractivity contribution in [3.05, 3.63) is 59.2 Å². The van der Waals surface area contributed by atoms with E-state index in [1.54, 1.807) is 19.2 Å².